The highest BCUT2D eigenvalue weighted by Crippen LogP contribution is 2.49. The van der Waals surface area contributed by atoms with Crippen molar-refractivity contribution in [1.29, 1.82) is 0 Å². The predicted molar refractivity (Wildman–Crippen MR) is 101 cm³/mol. The third-order valence-corrected chi connectivity index (χ3v) is 5.85. The average Bonchev–Trinajstić information content (AvgIpc) is 3.44. The Kier molecular flexibility index (Phi) is 7.66. The third kappa shape index (κ3) is 5.58. The van der Waals surface area contributed by atoms with Gasteiger partial charge in [-0.25, -0.2) is 0 Å². The van der Waals surface area contributed by atoms with Crippen LogP contribution in [0.25, 0.3) is 0 Å². The van der Waals surface area contributed by atoms with Crippen molar-refractivity contribution in [3.63, 3.8) is 0 Å². The first-order valence-electron chi connectivity index (χ1n) is 9.89. The first-order chi connectivity index (χ1) is 12.5. The number of carbonyl (C=O) groups is 3. The number of amides is 3. The van der Waals surface area contributed by atoms with Crippen molar-refractivity contribution in [3.05, 3.63) is 12.7 Å². The summed E-state index contributed by atoms with van der Waals surface area (Å²) in [7, 11) is 1.58. The van der Waals surface area contributed by atoms with Gasteiger partial charge in [0.25, 0.3) is 0 Å². The third-order valence-electron chi connectivity index (χ3n) is 5.85. The zero-order valence-electron chi connectivity index (χ0n) is 16.2. The molecule has 1 N–H and O–H groups in total. The topological polar surface area (TPSA) is 69.7 Å². The van der Waals surface area contributed by atoms with E-state index in [1.165, 1.54) is 43.1 Å². The van der Waals surface area contributed by atoms with E-state index in [2.05, 4.69) is 11.9 Å². The predicted octanol–water partition coefficient (Wildman–Crippen LogP) is 1.81. The molecule has 0 aliphatic heterocycles. The summed E-state index contributed by atoms with van der Waals surface area (Å²) in [5, 5.41) is 2.59. The zero-order valence-corrected chi connectivity index (χ0v) is 16.2. The van der Waals surface area contributed by atoms with Crippen molar-refractivity contribution in [3.8, 4) is 0 Å². The SMILES string of the molecule is C=CC(=O)N(CC)CC(=O)N(CC(=O)NC)C[C@@H]1C[C@H]1C1CCCCC1. The molecule has 2 fully saturated rings. The molecule has 146 valence electrons. The molecule has 2 aliphatic rings. The van der Waals surface area contributed by atoms with Crippen LogP contribution in [0.2, 0.25) is 0 Å². The summed E-state index contributed by atoms with van der Waals surface area (Å²) in [5.74, 6) is 1.39. The van der Waals surface area contributed by atoms with Crippen LogP contribution < -0.4 is 5.32 Å². The molecule has 26 heavy (non-hydrogen) atoms. The van der Waals surface area contributed by atoms with E-state index in [1.807, 2.05) is 6.92 Å². The highest BCUT2D eigenvalue weighted by atomic mass is 16.2. The highest BCUT2D eigenvalue weighted by Gasteiger charge is 2.44. The molecule has 2 aliphatic carbocycles. The lowest BCUT2D eigenvalue weighted by Crippen LogP contribution is -2.46. The zero-order chi connectivity index (χ0) is 19.1. The van der Waals surface area contributed by atoms with Crippen LogP contribution in [0.4, 0.5) is 0 Å². The number of nitrogens with zero attached hydrogens (tertiary/aromatic N) is 2. The van der Waals surface area contributed by atoms with E-state index < -0.39 is 0 Å². The van der Waals surface area contributed by atoms with Gasteiger partial charge >= 0.3 is 0 Å². The van der Waals surface area contributed by atoms with Gasteiger partial charge in [0.1, 0.15) is 6.54 Å². The fourth-order valence-electron chi connectivity index (χ4n) is 4.15. The second-order valence-electron chi connectivity index (χ2n) is 7.56. The average molecular weight is 364 g/mol. The van der Waals surface area contributed by atoms with Crippen LogP contribution in [0.5, 0.6) is 0 Å². The molecule has 0 saturated heterocycles. The van der Waals surface area contributed by atoms with Crippen molar-refractivity contribution in [1.82, 2.24) is 15.1 Å². The van der Waals surface area contributed by atoms with Gasteiger partial charge in [0, 0.05) is 20.1 Å². The van der Waals surface area contributed by atoms with Crippen molar-refractivity contribution in [2.45, 2.75) is 45.4 Å². The maximum atomic E-state index is 12.7. The molecule has 6 nitrogen and oxygen atoms in total. The first-order valence-corrected chi connectivity index (χ1v) is 9.89. The molecule has 0 aromatic heterocycles. The molecule has 2 rings (SSSR count). The quantitative estimate of drug-likeness (QED) is 0.635. The monoisotopic (exact) mass is 363 g/mol. The molecule has 0 unspecified atom stereocenters. The molecule has 0 aromatic carbocycles. The summed E-state index contributed by atoms with van der Waals surface area (Å²) in [5.41, 5.74) is 0. The van der Waals surface area contributed by atoms with Crippen molar-refractivity contribution in [2.75, 3.05) is 33.2 Å². The van der Waals surface area contributed by atoms with Crippen molar-refractivity contribution >= 4 is 17.7 Å². The van der Waals surface area contributed by atoms with Gasteiger partial charge in [0.2, 0.25) is 17.7 Å². The molecule has 0 spiro atoms. The van der Waals surface area contributed by atoms with E-state index in [0.29, 0.717) is 24.9 Å². The van der Waals surface area contributed by atoms with Crippen LogP contribution in [0, 0.1) is 17.8 Å². The highest BCUT2D eigenvalue weighted by molar-refractivity contribution is 5.92. The Labute approximate surface area is 157 Å². The van der Waals surface area contributed by atoms with Gasteiger partial charge in [-0.15, -0.1) is 0 Å². The van der Waals surface area contributed by atoms with E-state index in [0.717, 1.165) is 12.3 Å². The van der Waals surface area contributed by atoms with Crippen molar-refractivity contribution < 1.29 is 14.4 Å². The van der Waals surface area contributed by atoms with Gasteiger partial charge in [-0.05, 0) is 37.2 Å². The molecule has 2 saturated carbocycles. The Morgan fingerprint density at radius 2 is 1.81 bits per heavy atom. The minimum absolute atomic E-state index is 0.000830. The van der Waals surface area contributed by atoms with Gasteiger partial charge in [0.15, 0.2) is 0 Å². The lowest BCUT2D eigenvalue weighted by atomic mass is 9.85. The molecule has 0 aromatic rings. The molecule has 3 amide bonds. The second-order valence-corrected chi connectivity index (χ2v) is 7.56. The number of carbonyl (C=O) groups excluding carboxylic acids is 3. The van der Waals surface area contributed by atoms with Gasteiger partial charge < -0.3 is 15.1 Å². The number of rotatable bonds is 9. The Morgan fingerprint density at radius 3 is 2.38 bits per heavy atom. The maximum Gasteiger partial charge on any atom is 0.246 e. The smallest absolute Gasteiger partial charge is 0.246 e. The summed E-state index contributed by atoms with van der Waals surface area (Å²) < 4.78 is 0. The second kappa shape index (κ2) is 9.74. The van der Waals surface area contributed by atoms with Gasteiger partial charge in [-0.1, -0.05) is 38.7 Å². The minimum Gasteiger partial charge on any atom is -0.358 e. The number of nitrogens with one attached hydrogen (secondary N) is 1. The lowest BCUT2D eigenvalue weighted by molar-refractivity contribution is -0.140. The van der Waals surface area contributed by atoms with Gasteiger partial charge in [0.05, 0.1) is 6.54 Å². The fourth-order valence-corrected chi connectivity index (χ4v) is 4.15. The normalized spacial score (nSPS) is 22.4. The summed E-state index contributed by atoms with van der Waals surface area (Å²) in [6.07, 6.45) is 8.99. The Hall–Kier alpha value is -1.85. The summed E-state index contributed by atoms with van der Waals surface area (Å²) >= 11 is 0. The van der Waals surface area contributed by atoms with Crippen LogP contribution in [0.1, 0.15) is 45.4 Å². The van der Waals surface area contributed by atoms with Crippen LogP contribution >= 0.6 is 0 Å². The minimum atomic E-state index is -0.257. The lowest BCUT2D eigenvalue weighted by Gasteiger charge is -2.27. The fraction of sp³-hybridized carbons (Fsp3) is 0.750. The molecule has 2 atom stereocenters. The van der Waals surface area contributed by atoms with E-state index in [9.17, 15) is 14.4 Å². The standard InChI is InChI=1S/C20H33N3O3/c1-4-19(25)22(5-2)14-20(26)23(13-18(24)21-3)12-16-11-17(16)15-9-7-6-8-10-15/h4,15-17H,1,5-14H2,2-3H3,(H,21,24)/t16-,17-/m0/s1. The van der Waals surface area contributed by atoms with E-state index in [-0.39, 0.29) is 30.8 Å². The Morgan fingerprint density at radius 1 is 1.12 bits per heavy atom. The van der Waals surface area contributed by atoms with E-state index >= 15 is 0 Å². The van der Waals surface area contributed by atoms with Crippen LogP contribution in [-0.4, -0.2) is 60.7 Å². The van der Waals surface area contributed by atoms with E-state index in [1.54, 1.807) is 11.9 Å². The van der Waals surface area contributed by atoms with Crippen LogP contribution in [0.15, 0.2) is 12.7 Å². The van der Waals surface area contributed by atoms with Gasteiger partial charge in [-0.2, -0.15) is 0 Å². The number of hydrogen-bond acceptors (Lipinski definition) is 3. The first kappa shape index (κ1) is 20.5. The molecule has 6 heteroatoms. The molecular weight excluding hydrogens is 330 g/mol. The summed E-state index contributed by atoms with van der Waals surface area (Å²) in [6, 6.07) is 0. The maximum absolute atomic E-state index is 12.7. The Balaban J connectivity index is 1.94. The van der Waals surface area contributed by atoms with Crippen molar-refractivity contribution in [2.24, 2.45) is 17.8 Å². The van der Waals surface area contributed by atoms with Gasteiger partial charge in [-0.3, -0.25) is 14.4 Å². The molecule has 0 bridgehead atoms. The Bertz CT molecular complexity index is 528. The number of likely N-dealkylation sites (N-methyl/N-ethyl adjacent to an activating group) is 2. The van der Waals surface area contributed by atoms with Crippen LogP contribution in [-0.2, 0) is 14.4 Å². The largest absolute Gasteiger partial charge is 0.358 e. The van der Waals surface area contributed by atoms with Crippen LogP contribution in [0.3, 0.4) is 0 Å². The number of hydrogen-bond donors (Lipinski definition) is 1. The van der Waals surface area contributed by atoms with E-state index in [4.69, 9.17) is 0 Å². The molecule has 0 radical (unpaired) electrons. The summed E-state index contributed by atoms with van der Waals surface area (Å²) in [4.78, 5) is 39.5. The molecule has 0 heterocycles. The summed E-state index contributed by atoms with van der Waals surface area (Å²) in [6.45, 7) is 6.43. The molecular formula is C20H33N3O3.